The Hall–Kier alpha value is -2.83. The Kier molecular flexibility index (Phi) is 8.09. The molecule has 5 nitrogen and oxygen atoms in total. The highest BCUT2D eigenvalue weighted by Crippen LogP contribution is 2.36. The van der Waals surface area contributed by atoms with E-state index in [2.05, 4.69) is 5.32 Å². The lowest BCUT2D eigenvalue weighted by molar-refractivity contribution is -0.116. The molecular weight excluding hydrogens is 434 g/mol. The lowest BCUT2D eigenvalue weighted by Gasteiger charge is -2.08. The van der Waals surface area contributed by atoms with Crippen molar-refractivity contribution >= 4 is 39.8 Å². The van der Waals surface area contributed by atoms with Gasteiger partial charge in [0.2, 0.25) is 5.91 Å². The van der Waals surface area contributed by atoms with Crippen LogP contribution in [0.3, 0.4) is 0 Å². The molecule has 0 fully saturated rings. The second kappa shape index (κ2) is 11.0. The molecule has 2 aromatic carbocycles. The Morgan fingerprint density at radius 2 is 1.87 bits per heavy atom. The van der Waals surface area contributed by atoms with Crippen LogP contribution in [0.15, 0.2) is 54.6 Å². The number of thiophene rings is 1. The van der Waals surface area contributed by atoms with Crippen molar-refractivity contribution in [2.75, 3.05) is 18.5 Å². The number of amides is 1. The molecule has 1 N–H and O–H groups in total. The van der Waals surface area contributed by atoms with Crippen LogP contribution in [0.4, 0.5) is 5.00 Å². The van der Waals surface area contributed by atoms with Gasteiger partial charge < -0.3 is 14.8 Å². The minimum atomic E-state index is -0.447. The van der Waals surface area contributed by atoms with Crippen molar-refractivity contribution in [1.82, 2.24) is 0 Å². The molecule has 0 aliphatic rings. The maximum Gasteiger partial charge on any atom is 0.341 e. The topological polar surface area (TPSA) is 64.6 Å². The van der Waals surface area contributed by atoms with Crippen molar-refractivity contribution < 1.29 is 19.1 Å². The molecule has 0 aliphatic carbocycles. The normalized spacial score (nSPS) is 10.5. The van der Waals surface area contributed by atoms with Crippen molar-refractivity contribution in [3.05, 3.63) is 70.7 Å². The third kappa shape index (κ3) is 6.32. The number of esters is 1. The number of nitrogens with one attached hydrogen (secondary N) is 1. The monoisotopic (exact) mass is 457 g/mol. The Morgan fingerprint density at radius 3 is 2.58 bits per heavy atom. The van der Waals surface area contributed by atoms with Gasteiger partial charge in [-0.15, -0.1) is 11.3 Å². The molecule has 0 saturated carbocycles. The fourth-order valence-electron chi connectivity index (χ4n) is 2.91. The molecule has 0 unspecified atom stereocenters. The minimum absolute atomic E-state index is 0.178. The fourth-order valence-corrected chi connectivity index (χ4v) is 4.09. The zero-order chi connectivity index (χ0) is 22.2. The first-order valence-electron chi connectivity index (χ1n) is 10.0. The number of anilines is 1. The van der Waals surface area contributed by atoms with Gasteiger partial charge in [-0.2, -0.15) is 0 Å². The van der Waals surface area contributed by atoms with Gasteiger partial charge in [-0.1, -0.05) is 41.9 Å². The van der Waals surface area contributed by atoms with E-state index in [1.165, 1.54) is 11.3 Å². The van der Waals surface area contributed by atoms with E-state index in [0.717, 1.165) is 21.8 Å². The van der Waals surface area contributed by atoms with Crippen LogP contribution in [-0.4, -0.2) is 25.1 Å². The van der Waals surface area contributed by atoms with Gasteiger partial charge in [0.05, 0.1) is 18.8 Å². The highest BCUT2D eigenvalue weighted by atomic mass is 35.5. The Balaban J connectivity index is 1.60. The van der Waals surface area contributed by atoms with Crippen molar-refractivity contribution in [2.24, 2.45) is 0 Å². The zero-order valence-corrected chi connectivity index (χ0v) is 19.0. The number of hydrogen-bond donors (Lipinski definition) is 1. The number of ether oxygens (including phenoxy) is 2. The third-order valence-electron chi connectivity index (χ3n) is 4.48. The average molecular weight is 458 g/mol. The lowest BCUT2D eigenvalue weighted by atomic mass is 10.1. The van der Waals surface area contributed by atoms with E-state index >= 15 is 0 Å². The third-order valence-corrected chi connectivity index (χ3v) is 6.01. The van der Waals surface area contributed by atoms with Gasteiger partial charge in [0.1, 0.15) is 10.8 Å². The molecule has 3 aromatic rings. The molecule has 0 bridgehead atoms. The van der Waals surface area contributed by atoms with Gasteiger partial charge in [-0.25, -0.2) is 4.79 Å². The summed E-state index contributed by atoms with van der Waals surface area (Å²) in [7, 11) is 0. The predicted octanol–water partition coefficient (Wildman–Crippen LogP) is 6.35. The number of rotatable bonds is 9. The van der Waals surface area contributed by atoms with E-state index in [4.69, 9.17) is 21.1 Å². The summed E-state index contributed by atoms with van der Waals surface area (Å²) >= 11 is 7.37. The summed E-state index contributed by atoms with van der Waals surface area (Å²) in [5.74, 6) is 0.0956. The van der Waals surface area contributed by atoms with Crippen LogP contribution in [-0.2, 0) is 9.53 Å². The summed E-state index contributed by atoms with van der Waals surface area (Å²) in [5, 5.41) is 4.05. The van der Waals surface area contributed by atoms with Crippen molar-refractivity contribution in [2.45, 2.75) is 26.7 Å². The molecule has 0 spiro atoms. The SMILES string of the molecule is CCOC(=O)c1cc(-c2ccccc2)sc1NC(=O)CCCOc1ccc(Cl)c(C)c1. The number of aryl methyl sites for hydroxylation is 1. The van der Waals surface area contributed by atoms with Gasteiger partial charge in [0, 0.05) is 16.3 Å². The number of hydrogen-bond acceptors (Lipinski definition) is 5. The number of benzene rings is 2. The second-order valence-electron chi connectivity index (χ2n) is 6.85. The molecule has 162 valence electrons. The highest BCUT2D eigenvalue weighted by Gasteiger charge is 2.19. The molecular formula is C24H24ClNO4S. The number of halogens is 1. The molecule has 1 aromatic heterocycles. The maximum atomic E-state index is 12.5. The van der Waals surface area contributed by atoms with E-state index in [9.17, 15) is 9.59 Å². The first-order valence-corrected chi connectivity index (χ1v) is 11.2. The second-order valence-corrected chi connectivity index (χ2v) is 8.31. The van der Waals surface area contributed by atoms with E-state index < -0.39 is 5.97 Å². The molecule has 0 saturated heterocycles. The van der Waals surface area contributed by atoms with Gasteiger partial charge in [0.15, 0.2) is 0 Å². The summed E-state index contributed by atoms with van der Waals surface area (Å²) < 4.78 is 10.8. The zero-order valence-electron chi connectivity index (χ0n) is 17.4. The van der Waals surface area contributed by atoms with Crippen LogP contribution in [0, 0.1) is 6.92 Å². The molecule has 7 heteroatoms. The first kappa shape index (κ1) is 22.8. The molecule has 0 atom stereocenters. The van der Waals surface area contributed by atoms with E-state index in [1.54, 1.807) is 25.1 Å². The molecule has 3 rings (SSSR count). The molecule has 0 radical (unpaired) electrons. The fraction of sp³-hybridized carbons (Fsp3) is 0.250. The van der Waals surface area contributed by atoms with Crippen molar-refractivity contribution in [1.29, 1.82) is 0 Å². The van der Waals surface area contributed by atoms with Gasteiger partial charge in [0.25, 0.3) is 0 Å². The van der Waals surface area contributed by atoms with Crippen LogP contribution in [0.25, 0.3) is 10.4 Å². The molecule has 31 heavy (non-hydrogen) atoms. The minimum Gasteiger partial charge on any atom is -0.494 e. The summed E-state index contributed by atoms with van der Waals surface area (Å²) in [6, 6.07) is 16.9. The molecule has 1 amide bonds. The summed E-state index contributed by atoms with van der Waals surface area (Å²) in [5.41, 5.74) is 2.28. The quantitative estimate of drug-likeness (QED) is 0.300. The smallest absolute Gasteiger partial charge is 0.341 e. The molecule has 1 heterocycles. The van der Waals surface area contributed by atoms with Crippen molar-refractivity contribution in [3.8, 4) is 16.2 Å². The Bertz CT molecular complexity index is 1050. The summed E-state index contributed by atoms with van der Waals surface area (Å²) in [4.78, 5) is 25.7. The van der Waals surface area contributed by atoms with E-state index in [0.29, 0.717) is 28.6 Å². The van der Waals surface area contributed by atoms with Gasteiger partial charge >= 0.3 is 5.97 Å². The van der Waals surface area contributed by atoms with Crippen molar-refractivity contribution in [3.63, 3.8) is 0 Å². The largest absolute Gasteiger partial charge is 0.494 e. The number of carbonyl (C=O) groups excluding carboxylic acids is 2. The maximum absolute atomic E-state index is 12.5. The van der Waals surface area contributed by atoms with E-state index in [-0.39, 0.29) is 18.9 Å². The van der Waals surface area contributed by atoms with Gasteiger partial charge in [-0.05, 0) is 55.7 Å². The molecule has 0 aliphatic heterocycles. The summed E-state index contributed by atoms with van der Waals surface area (Å²) in [6.45, 7) is 4.33. The first-order chi connectivity index (χ1) is 15.0. The average Bonchev–Trinajstić information content (AvgIpc) is 3.18. The van der Waals surface area contributed by atoms with Crippen LogP contribution < -0.4 is 10.1 Å². The van der Waals surface area contributed by atoms with Crippen LogP contribution >= 0.6 is 22.9 Å². The standard InChI is InChI=1S/C24H24ClNO4S/c1-3-29-24(28)19-15-21(17-8-5-4-6-9-17)31-23(19)26-22(27)10-7-13-30-18-11-12-20(25)16(2)14-18/h4-6,8-9,11-12,14-15H,3,7,10,13H2,1-2H3,(H,26,27). The van der Waals surface area contributed by atoms with Crippen LogP contribution in [0.1, 0.15) is 35.7 Å². The summed E-state index contributed by atoms with van der Waals surface area (Å²) in [6.07, 6.45) is 0.812. The highest BCUT2D eigenvalue weighted by molar-refractivity contribution is 7.20. The lowest BCUT2D eigenvalue weighted by Crippen LogP contribution is -2.14. The predicted molar refractivity (Wildman–Crippen MR) is 125 cm³/mol. The Morgan fingerprint density at radius 1 is 1.10 bits per heavy atom. The van der Waals surface area contributed by atoms with Gasteiger partial charge in [-0.3, -0.25) is 4.79 Å². The van der Waals surface area contributed by atoms with Crippen LogP contribution in [0.2, 0.25) is 5.02 Å². The van der Waals surface area contributed by atoms with Crippen LogP contribution in [0.5, 0.6) is 5.75 Å². The van der Waals surface area contributed by atoms with E-state index in [1.807, 2.05) is 43.3 Å². The Labute approximate surface area is 191 Å². The number of carbonyl (C=O) groups is 2.